The van der Waals surface area contributed by atoms with Crippen molar-refractivity contribution in [1.82, 2.24) is 0 Å². The summed E-state index contributed by atoms with van der Waals surface area (Å²) in [5.74, 6) is 0. The summed E-state index contributed by atoms with van der Waals surface area (Å²) in [4.78, 5) is 0. The molecule has 0 bridgehead atoms. The Morgan fingerprint density at radius 3 is 1.60 bits per heavy atom. The Morgan fingerprint density at radius 2 is 1.30 bits per heavy atom. The van der Waals surface area contributed by atoms with Crippen molar-refractivity contribution >= 4 is 47.3 Å². The molecule has 1 fully saturated rings. The van der Waals surface area contributed by atoms with Crippen molar-refractivity contribution in [1.29, 1.82) is 0 Å². The fraction of sp³-hybridized carbons (Fsp3) is 1.00. The van der Waals surface area contributed by atoms with Crippen LogP contribution in [0.2, 0.25) is 30.7 Å². The van der Waals surface area contributed by atoms with Gasteiger partial charge in [-0.3, -0.25) is 0 Å². The zero-order valence-electron chi connectivity index (χ0n) is 5.96. The van der Waals surface area contributed by atoms with E-state index in [0.29, 0.717) is 0 Å². The smallest absolute Gasteiger partial charge is 0.167 e. The highest BCUT2D eigenvalue weighted by Crippen LogP contribution is 2.41. The Labute approximate surface area is 78.0 Å². The van der Waals surface area contributed by atoms with Gasteiger partial charge in [0.2, 0.25) is 0 Å². The number of hydrogen-bond acceptors (Lipinski definition) is 0. The van der Waals surface area contributed by atoms with Gasteiger partial charge < -0.3 is 0 Å². The molecule has 0 spiro atoms. The second-order valence-electron chi connectivity index (χ2n) is 3.27. The second kappa shape index (κ2) is 2.98. The SMILES string of the molecule is C[Si]1(Cl)CC[Si](Cl)(Cl)CC1. The van der Waals surface area contributed by atoms with Crippen LogP contribution < -0.4 is 0 Å². The van der Waals surface area contributed by atoms with Crippen LogP contribution in [0, 0.1) is 0 Å². The van der Waals surface area contributed by atoms with Crippen molar-refractivity contribution in [2.24, 2.45) is 0 Å². The average molecular weight is 234 g/mol. The molecule has 0 aromatic carbocycles. The molecule has 10 heavy (non-hydrogen) atoms. The second-order valence-corrected chi connectivity index (χ2v) is 17.5. The third-order valence-electron chi connectivity index (χ3n) is 2.02. The summed E-state index contributed by atoms with van der Waals surface area (Å²) in [6.07, 6.45) is 0. The molecule has 0 aromatic heterocycles. The molecule has 60 valence electrons. The third-order valence-corrected chi connectivity index (χ3v) is 11.0. The molecule has 1 aliphatic rings. The highest BCUT2D eigenvalue weighted by atomic mass is 35.7. The normalized spacial score (nSPS) is 30.0. The lowest BCUT2D eigenvalue weighted by atomic mass is 10.9. The van der Waals surface area contributed by atoms with E-state index >= 15 is 0 Å². The standard InChI is InChI=1S/C5H11Cl3Si2/c1-9(6)2-4-10(7,8)5-3-9/h2-5H2,1H3. The number of hydrogen-bond donors (Lipinski definition) is 0. The van der Waals surface area contributed by atoms with Gasteiger partial charge in [0, 0.05) is 0 Å². The minimum atomic E-state index is -1.78. The van der Waals surface area contributed by atoms with Crippen LogP contribution in [0.4, 0.5) is 0 Å². The molecular weight excluding hydrogens is 223 g/mol. The molecule has 1 heterocycles. The maximum Gasteiger partial charge on any atom is 0.250 e. The van der Waals surface area contributed by atoms with Gasteiger partial charge >= 0.3 is 0 Å². The van der Waals surface area contributed by atoms with E-state index < -0.39 is 14.1 Å². The lowest BCUT2D eigenvalue weighted by Gasteiger charge is -2.30. The first kappa shape index (κ1) is 9.39. The van der Waals surface area contributed by atoms with Crippen LogP contribution in [0.1, 0.15) is 0 Å². The Bertz CT molecular complexity index is 107. The summed E-state index contributed by atoms with van der Waals surface area (Å²) in [6, 6.07) is 4.27. The zero-order valence-corrected chi connectivity index (χ0v) is 10.2. The van der Waals surface area contributed by atoms with E-state index in [0.717, 1.165) is 24.2 Å². The zero-order chi connectivity index (χ0) is 7.83. The van der Waals surface area contributed by atoms with E-state index in [-0.39, 0.29) is 0 Å². The van der Waals surface area contributed by atoms with Gasteiger partial charge in [0.1, 0.15) is 0 Å². The van der Waals surface area contributed by atoms with Crippen molar-refractivity contribution in [3.63, 3.8) is 0 Å². The van der Waals surface area contributed by atoms with E-state index in [1.165, 1.54) is 0 Å². The van der Waals surface area contributed by atoms with Crippen molar-refractivity contribution in [3.05, 3.63) is 0 Å². The Hall–Kier alpha value is 1.30. The molecule has 0 atom stereocenters. The van der Waals surface area contributed by atoms with Gasteiger partial charge in [0.15, 0.2) is 7.38 Å². The third kappa shape index (κ3) is 2.74. The molecule has 0 aromatic rings. The van der Waals surface area contributed by atoms with Crippen LogP contribution in [-0.2, 0) is 0 Å². The van der Waals surface area contributed by atoms with Gasteiger partial charge in [-0.2, -0.15) is 11.1 Å². The van der Waals surface area contributed by atoms with Gasteiger partial charge in [-0.25, -0.2) is 0 Å². The predicted molar refractivity (Wildman–Crippen MR) is 54.2 cm³/mol. The molecule has 0 aliphatic carbocycles. The van der Waals surface area contributed by atoms with Gasteiger partial charge in [-0.1, -0.05) is 6.55 Å². The molecular formula is C5H11Cl3Si2. The summed E-state index contributed by atoms with van der Waals surface area (Å²) in [5.41, 5.74) is 0. The molecule has 1 aliphatic heterocycles. The number of rotatable bonds is 0. The summed E-state index contributed by atoms with van der Waals surface area (Å²) < 4.78 is 0. The molecule has 0 saturated carbocycles. The summed E-state index contributed by atoms with van der Waals surface area (Å²) in [7, 11) is -1.34. The maximum absolute atomic E-state index is 6.24. The fourth-order valence-corrected chi connectivity index (χ4v) is 13.8. The van der Waals surface area contributed by atoms with E-state index in [1.807, 2.05) is 0 Å². The predicted octanol–water partition coefficient (Wildman–Crippen LogP) is 3.73. The van der Waals surface area contributed by atoms with E-state index in [1.54, 1.807) is 0 Å². The first-order valence-corrected chi connectivity index (χ1v) is 11.8. The summed E-state index contributed by atoms with van der Waals surface area (Å²) in [6.45, 7) is 0.416. The minimum absolute atomic E-state index is 1.02. The average Bonchev–Trinajstić information content (AvgIpc) is 1.79. The molecule has 0 amide bonds. The van der Waals surface area contributed by atoms with Crippen molar-refractivity contribution in [2.45, 2.75) is 30.7 Å². The molecule has 0 unspecified atom stereocenters. The largest absolute Gasteiger partial charge is 0.250 e. The molecule has 0 radical (unpaired) electrons. The fourth-order valence-electron chi connectivity index (χ4n) is 1.14. The monoisotopic (exact) mass is 232 g/mol. The van der Waals surface area contributed by atoms with Crippen molar-refractivity contribution in [2.75, 3.05) is 0 Å². The van der Waals surface area contributed by atoms with E-state index in [9.17, 15) is 0 Å². The Morgan fingerprint density at radius 1 is 0.900 bits per heavy atom. The van der Waals surface area contributed by atoms with Crippen LogP contribution in [-0.4, -0.2) is 14.1 Å². The molecule has 1 rings (SSSR count). The quantitative estimate of drug-likeness (QED) is 0.442. The van der Waals surface area contributed by atoms with Crippen LogP contribution >= 0.6 is 33.2 Å². The molecule has 0 nitrogen and oxygen atoms in total. The van der Waals surface area contributed by atoms with Gasteiger partial charge in [0.25, 0.3) is 6.69 Å². The van der Waals surface area contributed by atoms with E-state index in [2.05, 4.69) is 6.55 Å². The summed E-state index contributed by atoms with van der Waals surface area (Å²) in [5, 5.41) is 0. The van der Waals surface area contributed by atoms with Gasteiger partial charge in [-0.15, -0.1) is 22.2 Å². The van der Waals surface area contributed by atoms with Crippen molar-refractivity contribution < 1.29 is 0 Å². The van der Waals surface area contributed by atoms with Crippen LogP contribution in [0.15, 0.2) is 0 Å². The lowest BCUT2D eigenvalue weighted by Crippen LogP contribution is -2.35. The first-order valence-electron chi connectivity index (χ1n) is 3.48. The van der Waals surface area contributed by atoms with Gasteiger partial charge in [-0.05, 0) is 24.2 Å². The Balaban J connectivity index is 2.46. The Kier molecular flexibility index (Phi) is 2.80. The van der Waals surface area contributed by atoms with E-state index in [4.69, 9.17) is 33.2 Å². The topological polar surface area (TPSA) is 0 Å². The first-order chi connectivity index (χ1) is 4.41. The van der Waals surface area contributed by atoms with Crippen LogP contribution in [0.5, 0.6) is 0 Å². The summed E-state index contributed by atoms with van der Waals surface area (Å²) >= 11 is 18.4. The minimum Gasteiger partial charge on any atom is -0.167 e. The van der Waals surface area contributed by atoms with Gasteiger partial charge in [0.05, 0.1) is 0 Å². The van der Waals surface area contributed by atoms with Crippen LogP contribution in [0.3, 0.4) is 0 Å². The molecule has 0 N–H and O–H groups in total. The van der Waals surface area contributed by atoms with Crippen LogP contribution in [0.25, 0.3) is 0 Å². The number of halogens is 3. The molecule has 5 heteroatoms. The lowest BCUT2D eigenvalue weighted by molar-refractivity contribution is 1.18. The van der Waals surface area contributed by atoms with Crippen molar-refractivity contribution in [3.8, 4) is 0 Å². The molecule has 1 saturated heterocycles. The maximum atomic E-state index is 6.24. The highest BCUT2D eigenvalue weighted by Gasteiger charge is 2.40. The highest BCUT2D eigenvalue weighted by molar-refractivity contribution is 7.46.